The topological polar surface area (TPSA) is 42.4 Å². The van der Waals surface area contributed by atoms with E-state index in [4.69, 9.17) is 32.9 Å². The Kier molecular flexibility index (Phi) is 5.53. The molecule has 1 amide bonds. The van der Waals surface area contributed by atoms with Gasteiger partial charge in [-0.15, -0.1) is 11.3 Å². The monoisotopic (exact) mass is 420 g/mol. The lowest BCUT2D eigenvalue weighted by molar-refractivity contribution is -0.134. The molecule has 3 aromatic rings. The smallest absolute Gasteiger partial charge is 0.260 e. The average molecular weight is 421 g/mol. The third-order valence-electron chi connectivity index (χ3n) is 4.75. The molecule has 0 unspecified atom stereocenters. The van der Waals surface area contributed by atoms with Gasteiger partial charge in [0, 0.05) is 24.0 Å². The van der Waals surface area contributed by atoms with Crippen LogP contribution in [0.4, 0.5) is 0 Å². The molecule has 1 saturated heterocycles. The van der Waals surface area contributed by atoms with Crippen LogP contribution in [0.3, 0.4) is 0 Å². The van der Waals surface area contributed by atoms with Crippen molar-refractivity contribution in [3.63, 3.8) is 0 Å². The average Bonchev–Trinajstić information content (AvgIpc) is 3.11. The lowest BCUT2D eigenvalue weighted by Crippen LogP contribution is -2.40. The molecule has 0 aliphatic carbocycles. The molecule has 0 spiro atoms. The molecule has 27 heavy (non-hydrogen) atoms. The van der Waals surface area contributed by atoms with E-state index in [0.717, 1.165) is 31.4 Å². The lowest BCUT2D eigenvalue weighted by Gasteiger charge is -2.31. The van der Waals surface area contributed by atoms with E-state index in [2.05, 4.69) is 6.07 Å². The number of amides is 1. The Hall–Kier alpha value is -1.82. The zero-order valence-corrected chi connectivity index (χ0v) is 16.9. The second-order valence-electron chi connectivity index (χ2n) is 6.54. The Labute approximate surface area is 171 Å². The van der Waals surface area contributed by atoms with Crippen molar-refractivity contribution in [3.8, 4) is 5.75 Å². The van der Waals surface area contributed by atoms with Crippen LogP contribution in [0.1, 0.15) is 23.8 Å². The van der Waals surface area contributed by atoms with Gasteiger partial charge in [-0.05, 0) is 43.2 Å². The van der Waals surface area contributed by atoms with Crippen LogP contribution in [0, 0.1) is 0 Å². The number of ether oxygens (including phenoxy) is 1. The minimum atomic E-state index is -0.0243. The van der Waals surface area contributed by atoms with Gasteiger partial charge in [0.1, 0.15) is 5.75 Å². The third-order valence-corrected chi connectivity index (χ3v) is 6.48. The van der Waals surface area contributed by atoms with E-state index in [-0.39, 0.29) is 12.5 Å². The zero-order valence-electron chi connectivity index (χ0n) is 14.5. The number of hydrogen-bond acceptors (Lipinski definition) is 4. The summed E-state index contributed by atoms with van der Waals surface area (Å²) in [7, 11) is 0. The fourth-order valence-corrected chi connectivity index (χ4v) is 4.86. The standard InChI is InChI=1S/C20H18Cl2N2O2S/c21-14-5-6-17(15(22)11-14)26-12-19(25)24-9-7-13(8-10-24)20-23-16-3-1-2-4-18(16)27-20/h1-6,11,13H,7-10,12H2. The highest BCUT2D eigenvalue weighted by Gasteiger charge is 2.26. The molecule has 0 N–H and O–H groups in total. The quantitative estimate of drug-likeness (QED) is 0.568. The maximum absolute atomic E-state index is 12.5. The van der Waals surface area contributed by atoms with Gasteiger partial charge in [-0.25, -0.2) is 4.98 Å². The maximum Gasteiger partial charge on any atom is 0.260 e. The summed E-state index contributed by atoms with van der Waals surface area (Å²) >= 11 is 13.7. The van der Waals surface area contributed by atoms with Crippen LogP contribution in [0.15, 0.2) is 42.5 Å². The molecule has 0 atom stereocenters. The Morgan fingerprint density at radius 2 is 1.96 bits per heavy atom. The molecule has 4 nitrogen and oxygen atoms in total. The van der Waals surface area contributed by atoms with E-state index in [1.54, 1.807) is 29.5 Å². The van der Waals surface area contributed by atoms with E-state index < -0.39 is 0 Å². The summed E-state index contributed by atoms with van der Waals surface area (Å²) in [6.07, 6.45) is 1.85. The SMILES string of the molecule is O=C(COc1ccc(Cl)cc1Cl)N1CCC(c2nc3ccccc3s2)CC1. The number of carbonyl (C=O) groups excluding carboxylic acids is 1. The van der Waals surface area contributed by atoms with Crippen molar-refractivity contribution < 1.29 is 9.53 Å². The largest absolute Gasteiger partial charge is 0.482 e. The molecule has 1 aromatic heterocycles. The fourth-order valence-electron chi connectivity index (χ4n) is 3.26. The van der Waals surface area contributed by atoms with Gasteiger partial charge in [0.15, 0.2) is 6.61 Å². The van der Waals surface area contributed by atoms with Crippen LogP contribution >= 0.6 is 34.5 Å². The molecular formula is C20H18Cl2N2O2S. The molecule has 7 heteroatoms. The van der Waals surface area contributed by atoms with Gasteiger partial charge in [-0.2, -0.15) is 0 Å². The van der Waals surface area contributed by atoms with Crippen molar-refractivity contribution in [2.75, 3.05) is 19.7 Å². The van der Waals surface area contributed by atoms with Crippen molar-refractivity contribution in [3.05, 3.63) is 57.5 Å². The Bertz CT molecular complexity index is 935. The van der Waals surface area contributed by atoms with Crippen molar-refractivity contribution in [1.29, 1.82) is 0 Å². The van der Waals surface area contributed by atoms with Crippen LogP contribution in [0.25, 0.3) is 10.2 Å². The number of thiazole rings is 1. The minimum Gasteiger partial charge on any atom is -0.482 e. The molecule has 2 heterocycles. The number of nitrogens with zero attached hydrogens (tertiary/aromatic N) is 2. The molecule has 140 valence electrons. The summed E-state index contributed by atoms with van der Waals surface area (Å²) in [5, 5.41) is 2.12. The van der Waals surface area contributed by atoms with Gasteiger partial charge in [-0.1, -0.05) is 35.3 Å². The highest BCUT2D eigenvalue weighted by Crippen LogP contribution is 2.34. The van der Waals surface area contributed by atoms with E-state index in [1.807, 2.05) is 23.1 Å². The van der Waals surface area contributed by atoms with Crippen molar-refractivity contribution >= 4 is 50.7 Å². The molecule has 4 rings (SSSR count). The first-order valence-corrected chi connectivity index (χ1v) is 10.4. The first kappa shape index (κ1) is 18.5. The van der Waals surface area contributed by atoms with Crippen molar-refractivity contribution in [1.82, 2.24) is 9.88 Å². The van der Waals surface area contributed by atoms with Crippen molar-refractivity contribution in [2.45, 2.75) is 18.8 Å². The second kappa shape index (κ2) is 8.05. The molecule has 0 saturated carbocycles. The minimum absolute atomic E-state index is 0.0207. The molecule has 1 aliphatic rings. The van der Waals surface area contributed by atoms with Crippen LogP contribution < -0.4 is 4.74 Å². The number of para-hydroxylation sites is 1. The van der Waals surface area contributed by atoms with Gasteiger partial charge in [-0.3, -0.25) is 4.79 Å². The Balaban J connectivity index is 1.32. The number of fused-ring (bicyclic) bond motifs is 1. The number of halogens is 2. The number of benzene rings is 2. The maximum atomic E-state index is 12.5. The van der Waals surface area contributed by atoms with Crippen LogP contribution in [-0.2, 0) is 4.79 Å². The fraction of sp³-hybridized carbons (Fsp3) is 0.300. The van der Waals surface area contributed by atoms with E-state index in [0.29, 0.717) is 21.7 Å². The number of piperidine rings is 1. The molecule has 1 fully saturated rings. The highest BCUT2D eigenvalue weighted by atomic mass is 35.5. The zero-order chi connectivity index (χ0) is 18.8. The normalized spacial score (nSPS) is 15.3. The van der Waals surface area contributed by atoms with E-state index in [1.165, 1.54) is 9.71 Å². The molecular weight excluding hydrogens is 403 g/mol. The number of likely N-dealkylation sites (tertiary alicyclic amines) is 1. The summed E-state index contributed by atoms with van der Waals surface area (Å²) in [6, 6.07) is 13.2. The highest BCUT2D eigenvalue weighted by molar-refractivity contribution is 7.18. The first-order chi connectivity index (χ1) is 13.1. The van der Waals surface area contributed by atoms with Gasteiger partial charge in [0.05, 0.1) is 20.2 Å². The van der Waals surface area contributed by atoms with Crippen molar-refractivity contribution in [2.24, 2.45) is 0 Å². The summed E-state index contributed by atoms with van der Waals surface area (Å²) in [6.45, 7) is 1.42. The van der Waals surface area contributed by atoms with Gasteiger partial charge < -0.3 is 9.64 Å². The summed E-state index contributed by atoms with van der Waals surface area (Å²) in [5.41, 5.74) is 1.06. The molecule has 2 aromatic carbocycles. The van der Waals surface area contributed by atoms with Crippen LogP contribution in [-0.4, -0.2) is 35.5 Å². The summed E-state index contributed by atoms with van der Waals surface area (Å²) in [5.74, 6) is 0.862. The molecule has 0 bridgehead atoms. The molecule has 0 radical (unpaired) electrons. The summed E-state index contributed by atoms with van der Waals surface area (Å²) in [4.78, 5) is 19.1. The number of aromatic nitrogens is 1. The third kappa shape index (κ3) is 4.21. The number of rotatable bonds is 4. The van der Waals surface area contributed by atoms with Gasteiger partial charge in [0.25, 0.3) is 5.91 Å². The lowest BCUT2D eigenvalue weighted by atomic mass is 9.97. The molecule has 1 aliphatic heterocycles. The predicted octanol–water partition coefficient (Wildman–Crippen LogP) is 5.39. The van der Waals surface area contributed by atoms with E-state index >= 15 is 0 Å². The number of hydrogen-bond donors (Lipinski definition) is 0. The predicted molar refractivity (Wildman–Crippen MR) is 110 cm³/mol. The van der Waals surface area contributed by atoms with Gasteiger partial charge >= 0.3 is 0 Å². The summed E-state index contributed by atoms with van der Waals surface area (Å²) < 4.78 is 6.79. The number of carbonyl (C=O) groups is 1. The first-order valence-electron chi connectivity index (χ1n) is 8.81. The van der Waals surface area contributed by atoms with Gasteiger partial charge in [0.2, 0.25) is 0 Å². The van der Waals surface area contributed by atoms with Crippen LogP contribution in [0.5, 0.6) is 5.75 Å². The Morgan fingerprint density at radius 1 is 1.19 bits per heavy atom. The van der Waals surface area contributed by atoms with Crippen LogP contribution in [0.2, 0.25) is 10.0 Å². The Morgan fingerprint density at radius 3 is 2.70 bits per heavy atom. The van der Waals surface area contributed by atoms with E-state index in [9.17, 15) is 4.79 Å². The second-order valence-corrected chi connectivity index (χ2v) is 8.44.